The minimum Gasteiger partial charge on any atom is -0.493 e. The number of nitrogens with one attached hydrogen (secondary N) is 1. The summed E-state index contributed by atoms with van der Waals surface area (Å²) in [6, 6.07) is 13.2. The van der Waals surface area contributed by atoms with Crippen LogP contribution in [0.1, 0.15) is 29.8 Å². The van der Waals surface area contributed by atoms with Crippen molar-refractivity contribution in [3.63, 3.8) is 0 Å². The predicted octanol–water partition coefficient (Wildman–Crippen LogP) is 3.80. The molecular formula is C20H26N2O3. The van der Waals surface area contributed by atoms with Gasteiger partial charge in [-0.2, -0.15) is 0 Å². The zero-order valence-corrected chi connectivity index (χ0v) is 15.3. The first-order valence-electron chi connectivity index (χ1n) is 8.46. The summed E-state index contributed by atoms with van der Waals surface area (Å²) < 4.78 is 10.6. The molecule has 1 N–H and O–H groups in total. The molecule has 0 aliphatic rings. The predicted molar refractivity (Wildman–Crippen MR) is 101 cm³/mol. The van der Waals surface area contributed by atoms with Crippen LogP contribution in [0.5, 0.6) is 11.5 Å². The Kier molecular flexibility index (Phi) is 6.83. The van der Waals surface area contributed by atoms with Crippen molar-refractivity contribution < 1.29 is 14.3 Å². The van der Waals surface area contributed by atoms with Crippen LogP contribution < -0.4 is 14.8 Å². The molecule has 2 rings (SSSR count). The molecule has 1 amide bonds. The maximum Gasteiger partial charge on any atom is 0.259 e. The number of ether oxygens (including phenoxy) is 2. The van der Waals surface area contributed by atoms with Gasteiger partial charge in [-0.25, -0.2) is 0 Å². The molecule has 2 aromatic rings. The molecule has 0 radical (unpaired) electrons. The van der Waals surface area contributed by atoms with E-state index in [0.29, 0.717) is 17.1 Å². The molecule has 0 spiro atoms. The highest BCUT2D eigenvalue weighted by atomic mass is 16.5. The third-order valence-corrected chi connectivity index (χ3v) is 4.13. The standard InChI is InChI=1S/C20H26N2O3/c1-5-22(6-2)14-15-9-7-10-16(13-15)21-20(23)17-11-8-12-18(24-3)19(17)25-4/h7-13H,5-6,14H2,1-4H3,(H,21,23). The average Bonchev–Trinajstić information content (AvgIpc) is 2.65. The van der Waals surface area contributed by atoms with Gasteiger partial charge in [-0.1, -0.05) is 32.0 Å². The van der Waals surface area contributed by atoms with Crippen LogP contribution in [0.3, 0.4) is 0 Å². The van der Waals surface area contributed by atoms with Crippen molar-refractivity contribution in [1.82, 2.24) is 4.90 Å². The lowest BCUT2D eigenvalue weighted by molar-refractivity contribution is 0.102. The first kappa shape index (κ1) is 18.8. The average molecular weight is 342 g/mol. The van der Waals surface area contributed by atoms with Gasteiger partial charge in [0.25, 0.3) is 5.91 Å². The molecule has 25 heavy (non-hydrogen) atoms. The summed E-state index contributed by atoms with van der Waals surface area (Å²) in [7, 11) is 3.08. The molecule has 0 heterocycles. The molecule has 0 aromatic heterocycles. The van der Waals surface area contributed by atoms with Crippen molar-refractivity contribution in [2.24, 2.45) is 0 Å². The first-order chi connectivity index (χ1) is 12.1. The fourth-order valence-electron chi connectivity index (χ4n) is 2.72. The lowest BCUT2D eigenvalue weighted by atomic mass is 10.1. The van der Waals surface area contributed by atoms with Crippen molar-refractivity contribution in [1.29, 1.82) is 0 Å². The minimum atomic E-state index is -0.226. The van der Waals surface area contributed by atoms with Gasteiger partial charge in [-0.05, 0) is 42.9 Å². The summed E-state index contributed by atoms with van der Waals surface area (Å²) in [6.45, 7) is 7.13. The summed E-state index contributed by atoms with van der Waals surface area (Å²) in [5, 5.41) is 2.94. The second-order valence-corrected chi connectivity index (χ2v) is 5.66. The first-order valence-corrected chi connectivity index (χ1v) is 8.46. The third kappa shape index (κ3) is 4.73. The van der Waals surface area contributed by atoms with Crippen molar-refractivity contribution in [3.05, 3.63) is 53.6 Å². The van der Waals surface area contributed by atoms with Crippen LogP contribution in [-0.4, -0.2) is 38.1 Å². The molecule has 0 fully saturated rings. The molecule has 0 bridgehead atoms. The molecule has 5 nitrogen and oxygen atoms in total. The fourth-order valence-corrected chi connectivity index (χ4v) is 2.72. The van der Waals surface area contributed by atoms with Crippen LogP contribution in [-0.2, 0) is 6.54 Å². The zero-order valence-electron chi connectivity index (χ0n) is 15.3. The molecule has 0 saturated heterocycles. The number of carbonyl (C=O) groups is 1. The van der Waals surface area contributed by atoms with Crippen LogP contribution in [0.25, 0.3) is 0 Å². The Hall–Kier alpha value is -2.53. The SMILES string of the molecule is CCN(CC)Cc1cccc(NC(=O)c2cccc(OC)c2OC)c1. The minimum absolute atomic E-state index is 0.226. The Morgan fingerprint density at radius 3 is 2.40 bits per heavy atom. The van der Waals surface area contributed by atoms with Crippen molar-refractivity contribution in [3.8, 4) is 11.5 Å². The molecule has 0 aliphatic carbocycles. The number of hydrogen-bond acceptors (Lipinski definition) is 4. The van der Waals surface area contributed by atoms with E-state index in [2.05, 4.69) is 30.1 Å². The second-order valence-electron chi connectivity index (χ2n) is 5.66. The van der Waals surface area contributed by atoms with E-state index < -0.39 is 0 Å². The van der Waals surface area contributed by atoms with E-state index in [9.17, 15) is 4.79 Å². The molecule has 134 valence electrons. The van der Waals surface area contributed by atoms with E-state index in [4.69, 9.17) is 9.47 Å². The van der Waals surface area contributed by atoms with E-state index in [1.807, 2.05) is 18.2 Å². The van der Waals surface area contributed by atoms with Crippen LogP contribution >= 0.6 is 0 Å². The van der Waals surface area contributed by atoms with Crippen LogP contribution in [0.4, 0.5) is 5.69 Å². The monoisotopic (exact) mass is 342 g/mol. The summed E-state index contributed by atoms with van der Waals surface area (Å²) in [5.41, 5.74) is 2.37. The largest absolute Gasteiger partial charge is 0.493 e. The van der Waals surface area contributed by atoms with Gasteiger partial charge in [0.05, 0.1) is 19.8 Å². The number of nitrogens with zero attached hydrogens (tertiary/aromatic N) is 1. The van der Waals surface area contributed by atoms with E-state index in [1.165, 1.54) is 12.7 Å². The Balaban J connectivity index is 2.19. The number of benzene rings is 2. The quantitative estimate of drug-likeness (QED) is 0.793. The summed E-state index contributed by atoms with van der Waals surface area (Å²) in [4.78, 5) is 15.0. The Morgan fingerprint density at radius 2 is 1.76 bits per heavy atom. The maximum atomic E-state index is 12.7. The second kappa shape index (κ2) is 9.08. The zero-order chi connectivity index (χ0) is 18.2. The number of rotatable bonds is 8. The number of methoxy groups -OCH3 is 2. The number of anilines is 1. The number of hydrogen-bond donors (Lipinski definition) is 1. The van der Waals surface area contributed by atoms with Gasteiger partial charge >= 0.3 is 0 Å². The van der Waals surface area contributed by atoms with Gasteiger partial charge in [-0.15, -0.1) is 0 Å². The molecule has 2 aromatic carbocycles. The number of carbonyl (C=O) groups excluding carboxylic acids is 1. The van der Waals surface area contributed by atoms with Crippen LogP contribution in [0.15, 0.2) is 42.5 Å². The maximum absolute atomic E-state index is 12.7. The van der Waals surface area contributed by atoms with Gasteiger partial charge < -0.3 is 14.8 Å². The summed E-state index contributed by atoms with van der Waals surface area (Å²) in [5.74, 6) is 0.739. The topological polar surface area (TPSA) is 50.8 Å². The van der Waals surface area contributed by atoms with Gasteiger partial charge in [0.1, 0.15) is 0 Å². The highest BCUT2D eigenvalue weighted by molar-refractivity contribution is 6.06. The Bertz CT molecular complexity index is 712. The fraction of sp³-hybridized carbons (Fsp3) is 0.350. The van der Waals surface area contributed by atoms with Gasteiger partial charge in [0.2, 0.25) is 0 Å². The molecule has 0 unspecified atom stereocenters. The van der Waals surface area contributed by atoms with Gasteiger partial charge in [-0.3, -0.25) is 9.69 Å². The highest BCUT2D eigenvalue weighted by Crippen LogP contribution is 2.31. The highest BCUT2D eigenvalue weighted by Gasteiger charge is 2.16. The smallest absolute Gasteiger partial charge is 0.259 e. The lowest BCUT2D eigenvalue weighted by Gasteiger charge is -2.18. The van der Waals surface area contributed by atoms with Crippen molar-refractivity contribution >= 4 is 11.6 Å². The van der Waals surface area contributed by atoms with Crippen molar-refractivity contribution in [2.75, 3.05) is 32.6 Å². The molecule has 0 atom stereocenters. The molecule has 0 saturated carbocycles. The van der Waals surface area contributed by atoms with Gasteiger partial charge in [0.15, 0.2) is 11.5 Å². The normalized spacial score (nSPS) is 10.6. The summed E-state index contributed by atoms with van der Waals surface area (Å²) >= 11 is 0. The molecule has 5 heteroatoms. The van der Waals surface area contributed by atoms with E-state index in [1.54, 1.807) is 25.3 Å². The Labute approximate surface area is 149 Å². The van der Waals surface area contributed by atoms with Crippen LogP contribution in [0.2, 0.25) is 0 Å². The van der Waals surface area contributed by atoms with Gasteiger partial charge in [0, 0.05) is 12.2 Å². The van der Waals surface area contributed by atoms with Crippen LogP contribution in [0, 0.1) is 0 Å². The van der Waals surface area contributed by atoms with E-state index in [-0.39, 0.29) is 5.91 Å². The Morgan fingerprint density at radius 1 is 1.04 bits per heavy atom. The van der Waals surface area contributed by atoms with E-state index in [0.717, 1.165) is 25.3 Å². The number of amides is 1. The van der Waals surface area contributed by atoms with Crippen molar-refractivity contribution in [2.45, 2.75) is 20.4 Å². The third-order valence-electron chi connectivity index (χ3n) is 4.13. The summed E-state index contributed by atoms with van der Waals surface area (Å²) in [6.07, 6.45) is 0. The molecule has 0 aliphatic heterocycles. The molecular weight excluding hydrogens is 316 g/mol. The van der Waals surface area contributed by atoms with E-state index >= 15 is 0 Å². The number of para-hydroxylation sites is 1. The lowest BCUT2D eigenvalue weighted by Crippen LogP contribution is -2.22.